The van der Waals surface area contributed by atoms with Gasteiger partial charge >= 0.3 is 6.03 Å². The molecule has 3 aromatic rings. The minimum atomic E-state index is -0.592. The van der Waals surface area contributed by atoms with Crippen molar-refractivity contribution in [2.24, 2.45) is 0 Å². The molecule has 8 nitrogen and oxygen atoms in total. The number of nitrogens with one attached hydrogen (secondary N) is 1. The molecule has 3 heterocycles. The van der Waals surface area contributed by atoms with E-state index in [1.54, 1.807) is 47.5 Å². The molecular formula is C25H22N4O4. The molecule has 166 valence electrons. The highest BCUT2D eigenvalue weighted by molar-refractivity contribution is 6.21. The van der Waals surface area contributed by atoms with Gasteiger partial charge in [0, 0.05) is 25.0 Å². The van der Waals surface area contributed by atoms with Gasteiger partial charge in [0.2, 0.25) is 0 Å². The van der Waals surface area contributed by atoms with Gasteiger partial charge in [-0.2, -0.15) is 0 Å². The monoisotopic (exact) mass is 442 g/mol. The number of rotatable bonds is 5. The molecule has 1 N–H and O–H groups in total. The summed E-state index contributed by atoms with van der Waals surface area (Å²) in [7, 11) is 0. The highest BCUT2D eigenvalue weighted by Gasteiger charge is 2.48. The van der Waals surface area contributed by atoms with Crippen molar-refractivity contribution in [2.75, 3.05) is 11.4 Å². The lowest BCUT2D eigenvalue weighted by Gasteiger charge is -2.32. The van der Waals surface area contributed by atoms with Gasteiger partial charge in [-0.1, -0.05) is 18.2 Å². The molecule has 33 heavy (non-hydrogen) atoms. The third-order valence-electron chi connectivity index (χ3n) is 5.88. The van der Waals surface area contributed by atoms with Gasteiger partial charge < -0.3 is 15.0 Å². The molecule has 0 saturated carbocycles. The Bertz CT molecular complexity index is 1170. The van der Waals surface area contributed by atoms with Crippen molar-refractivity contribution in [3.8, 4) is 11.5 Å². The van der Waals surface area contributed by atoms with Crippen LogP contribution in [-0.2, 0) is 4.79 Å². The van der Waals surface area contributed by atoms with E-state index >= 15 is 0 Å². The summed E-state index contributed by atoms with van der Waals surface area (Å²) < 4.78 is 5.79. The highest BCUT2D eigenvalue weighted by atomic mass is 16.5. The maximum absolute atomic E-state index is 13.1. The quantitative estimate of drug-likeness (QED) is 0.610. The fourth-order valence-electron chi connectivity index (χ4n) is 4.22. The normalized spacial score (nSPS) is 19.9. The number of ether oxygens (including phenoxy) is 1. The number of fused-ring (bicyclic) bond motifs is 1. The number of imide groups is 1. The molecule has 0 spiro atoms. The number of hydrogen-bond donors (Lipinski definition) is 1. The molecule has 2 fully saturated rings. The molecule has 0 bridgehead atoms. The lowest BCUT2D eigenvalue weighted by molar-refractivity contribution is -0.120. The molecule has 5 rings (SSSR count). The predicted molar refractivity (Wildman–Crippen MR) is 121 cm³/mol. The van der Waals surface area contributed by atoms with E-state index < -0.39 is 6.04 Å². The van der Waals surface area contributed by atoms with Crippen molar-refractivity contribution in [3.63, 3.8) is 0 Å². The number of nitrogens with zero attached hydrogens (tertiary/aromatic N) is 3. The van der Waals surface area contributed by atoms with E-state index in [-0.39, 0.29) is 23.9 Å². The van der Waals surface area contributed by atoms with Gasteiger partial charge in [0.25, 0.3) is 11.8 Å². The Morgan fingerprint density at radius 3 is 2.45 bits per heavy atom. The third kappa shape index (κ3) is 4.15. The van der Waals surface area contributed by atoms with Crippen molar-refractivity contribution >= 4 is 23.5 Å². The van der Waals surface area contributed by atoms with E-state index in [1.165, 1.54) is 11.1 Å². The smallest absolute Gasteiger partial charge is 0.332 e. The number of aromatic nitrogens is 1. The Labute approximate surface area is 190 Å². The second-order valence-electron chi connectivity index (χ2n) is 8.01. The number of benzene rings is 2. The first-order valence-corrected chi connectivity index (χ1v) is 10.8. The maximum Gasteiger partial charge on any atom is 0.332 e. The zero-order valence-electron chi connectivity index (χ0n) is 17.8. The molecular weight excluding hydrogens is 420 g/mol. The third-order valence-corrected chi connectivity index (χ3v) is 5.88. The number of piperidine rings is 1. The number of carbonyl (C=O) groups is 3. The van der Waals surface area contributed by atoms with Crippen LogP contribution in [0.5, 0.6) is 11.5 Å². The number of urea groups is 1. The largest absolute Gasteiger partial charge is 0.457 e. The number of pyridine rings is 1. The van der Waals surface area contributed by atoms with Gasteiger partial charge in [-0.3, -0.25) is 14.6 Å². The Balaban J connectivity index is 1.26. The summed E-state index contributed by atoms with van der Waals surface area (Å²) in [5.41, 5.74) is 0.962. The number of para-hydroxylation sites is 1. The van der Waals surface area contributed by atoms with E-state index in [2.05, 4.69) is 10.3 Å². The van der Waals surface area contributed by atoms with Crippen LogP contribution in [0.2, 0.25) is 0 Å². The minimum Gasteiger partial charge on any atom is -0.457 e. The summed E-state index contributed by atoms with van der Waals surface area (Å²) in [4.78, 5) is 45.3. The van der Waals surface area contributed by atoms with Gasteiger partial charge in [0.1, 0.15) is 17.5 Å². The van der Waals surface area contributed by atoms with Crippen LogP contribution in [-0.4, -0.2) is 46.4 Å². The molecule has 1 aromatic heterocycles. The molecule has 2 saturated heterocycles. The summed E-state index contributed by atoms with van der Waals surface area (Å²) >= 11 is 0. The van der Waals surface area contributed by atoms with Crippen molar-refractivity contribution < 1.29 is 19.1 Å². The van der Waals surface area contributed by atoms with Crippen LogP contribution in [0.3, 0.4) is 0 Å². The zero-order chi connectivity index (χ0) is 22.8. The van der Waals surface area contributed by atoms with Crippen LogP contribution in [0.15, 0.2) is 79.1 Å². The van der Waals surface area contributed by atoms with Crippen molar-refractivity contribution in [1.29, 1.82) is 0 Å². The summed E-state index contributed by atoms with van der Waals surface area (Å²) in [6.07, 6.45) is 4.07. The van der Waals surface area contributed by atoms with Crippen LogP contribution in [0, 0.1) is 0 Å². The average Bonchev–Trinajstić information content (AvgIpc) is 3.10. The lowest BCUT2D eigenvalue weighted by Crippen LogP contribution is -2.49. The van der Waals surface area contributed by atoms with Gasteiger partial charge in [-0.25, -0.2) is 9.69 Å². The fraction of sp³-hybridized carbons (Fsp3) is 0.200. The fourth-order valence-corrected chi connectivity index (χ4v) is 4.22. The molecule has 8 heteroatoms. The topological polar surface area (TPSA) is 91.8 Å². The van der Waals surface area contributed by atoms with Crippen LogP contribution in [0.1, 0.15) is 23.2 Å². The summed E-state index contributed by atoms with van der Waals surface area (Å²) in [6.45, 7) is 0.402. The minimum absolute atomic E-state index is 0.197. The van der Waals surface area contributed by atoms with E-state index in [9.17, 15) is 14.4 Å². The van der Waals surface area contributed by atoms with Gasteiger partial charge in [-0.15, -0.1) is 0 Å². The van der Waals surface area contributed by atoms with E-state index in [0.717, 1.165) is 0 Å². The van der Waals surface area contributed by atoms with Gasteiger partial charge in [0.15, 0.2) is 0 Å². The summed E-state index contributed by atoms with van der Waals surface area (Å²) in [5.74, 6) is 0.802. The van der Waals surface area contributed by atoms with Crippen LogP contribution in [0.4, 0.5) is 10.5 Å². The Hall–Kier alpha value is -4.20. The van der Waals surface area contributed by atoms with Gasteiger partial charge in [0.05, 0.1) is 11.3 Å². The van der Waals surface area contributed by atoms with E-state index in [1.807, 2.05) is 30.3 Å². The molecule has 2 aliphatic rings. The van der Waals surface area contributed by atoms with Crippen molar-refractivity contribution in [3.05, 3.63) is 84.7 Å². The summed E-state index contributed by atoms with van der Waals surface area (Å²) in [5, 5.41) is 2.96. The first kappa shape index (κ1) is 20.7. The Morgan fingerprint density at radius 1 is 0.970 bits per heavy atom. The number of amides is 4. The standard InChI is InChI=1S/C25H22N4O4/c30-23(17-5-4-13-26-16-17)27-18-12-14-28-22(15-18)24(31)29(25(28)32)19-8-10-21(11-9-19)33-20-6-2-1-3-7-20/h1-11,13,16,18,22H,12,14-15H2,(H,27,30)/t18-,22-/m0/s1. The predicted octanol–water partition coefficient (Wildman–Crippen LogP) is 3.60. The van der Waals surface area contributed by atoms with Crippen LogP contribution < -0.4 is 15.0 Å². The molecule has 2 aliphatic heterocycles. The van der Waals surface area contributed by atoms with Crippen molar-refractivity contribution in [1.82, 2.24) is 15.2 Å². The van der Waals surface area contributed by atoms with Crippen LogP contribution in [0.25, 0.3) is 0 Å². The first-order valence-electron chi connectivity index (χ1n) is 10.8. The second-order valence-corrected chi connectivity index (χ2v) is 8.01. The van der Waals surface area contributed by atoms with Gasteiger partial charge in [-0.05, 0) is 61.4 Å². The molecule has 0 radical (unpaired) electrons. The van der Waals surface area contributed by atoms with E-state index in [0.29, 0.717) is 42.1 Å². The SMILES string of the molecule is O=C(N[C@H]1CCN2C(=O)N(c3ccc(Oc4ccccc4)cc3)C(=O)[C@@H]2C1)c1cccnc1. The molecule has 0 unspecified atom stereocenters. The zero-order valence-corrected chi connectivity index (χ0v) is 17.8. The number of anilines is 1. The Kier molecular flexibility index (Phi) is 5.48. The van der Waals surface area contributed by atoms with Crippen molar-refractivity contribution in [2.45, 2.75) is 24.9 Å². The number of hydrogen-bond acceptors (Lipinski definition) is 5. The van der Waals surface area contributed by atoms with E-state index in [4.69, 9.17) is 4.74 Å². The lowest BCUT2D eigenvalue weighted by atomic mass is 9.97. The molecule has 4 amide bonds. The highest BCUT2D eigenvalue weighted by Crippen LogP contribution is 2.32. The molecule has 2 aromatic carbocycles. The van der Waals surface area contributed by atoms with Crippen LogP contribution >= 0.6 is 0 Å². The Morgan fingerprint density at radius 2 is 1.73 bits per heavy atom. The maximum atomic E-state index is 13.1. The summed E-state index contributed by atoms with van der Waals surface area (Å²) in [6, 6.07) is 18.5. The average molecular weight is 442 g/mol. The molecule has 2 atom stereocenters. The molecule has 0 aliphatic carbocycles. The number of carbonyl (C=O) groups excluding carboxylic acids is 3. The first-order chi connectivity index (χ1) is 16.1. The second kappa shape index (κ2) is 8.74.